The third-order valence-corrected chi connectivity index (χ3v) is 3.92. The first-order valence-corrected chi connectivity index (χ1v) is 6.85. The summed E-state index contributed by atoms with van der Waals surface area (Å²) in [6, 6.07) is 8.40. The molecular weight excluding hydrogens is 244 g/mol. The molecule has 3 nitrogen and oxygen atoms in total. The van der Waals surface area contributed by atoms with Crippen molar-refractivity contribution in [3.8, 4) is 5.75 Å². The molecule has 0 saturated heterocycles. The highest BCUT2D eigenvalue weighted by Gasteiger charge is 2.08. The fraction of sp³-hybridized carbons (Fsp3) is 0.357. The molecule has 2 aromatic rings. The predicted molar refractivity (Wildman–Crippen MR) is 75.1 cm³/mol. The standard InChI is InChI=1S/C14H18N2OS/c1-10-9-18-14(16-10)11(2)15-8-12-4-6-13(17-3)7-5-12/h4-7,9,11,15H,8H2,1-3H3. The van der Waals surface area contributed by atoms with Crippen LogP contribution >= 0.6 is 11.3 Å². The Morgan fingerprint density at radius 3 is 2.61 bits per heavy atom. The second kappa shape index (κ2) is 5.98. The molecule has 4 heteroatoms. The lowest BCUT2D eigenvalue weighted by molar-refractivity contribution is 0.414. The Kier molecular flexibility index (Phi) is 4.33. The van der Waals surface area contributed by atoms with Crippen LogP contribution in [0.5, 0.6) is 5.75 Å². The number of thiazole rings is 1. The van der Waals surface area contributed by atoms with Crippen LogP contribution in [0.1, 0.15) is 29.2 Å². The minimum absolute atomic E-state index is 0.283. The molecule has 0 radical (unpaired) electrons. The van der Waals surface area contributed by atoms with Gasteiger partial charge >= 0.3 is 0 Å². The molecule has 0 fully saturated rings. The molecule has 1 unspecified atom stereocenters. The molecule has 0 amide bonds. The Morgan fingerprint density at radius 2 is 2.06 bits per heavy atom. The molecule has 1 heterocycles. The molecule has 0 bridgehead atoms. The van der Waals surface area contributed by atoms with Gasteiger partial charge < -0.3 is 10.1 Å². The molecule has 96 valence electrons. The SMILES string of the molecule is COc1ccc(CNC(C)c2nc(C)cs2)cc1. The van der Waals surface area contributed by atoms with Crippen molar-refractivity contribution in [2.24, 2.45) is 0 Å². The maximum Gasteiger partial charge on any atom is 0.118 e. The number of nitrogens with one attached hydrogen (secondary N) is 1. The van der Waals surface area contributed by atoms with Crippen LogP contribution in [0.25, 0.3) is 0 Å². The molecule has 0 saturated carbocycles. The van der Waals surface area contributed by atoms with Gasteiger partial charge in [-0.25, -0.2) is 4.98 Å². The van der Waals surface area contributed by atoms with Gasteiger partial charge in [-0.3, -0.25) is 0 Å². The molecular formula is C14H18N2OS. The predicted octanol–water partition coefficient (Wildman–Crippen LogP) is 3.31. The van der Waals surface area contributed by atoms with Crippen LogP contribution in [0.4, 0.5) is 0 Å². The minimum atomic E-state index is 0.283. The van der Waals surface area contributed by atoms with Gasteiger partial charge in [-0.05, 0) is 31.5 Å². The Morgan fingerprint density at radius 1 is 1.33 bits per heavy atom. The maximum atomic E-state index is 5.14. The second-order valence-electron chi connectivity index (χ2n) is 4.28. The number of hydrogen-bond acceptors (Lipinski definition) is 4. The highest BCUT2D eigenvalue weighted by molar-refractivity contribution is 7.09. The van der Waals surface area contributed by atoms with E-state index in [1.165, 1.54) is 5.56 Å². The fourth-order valence-electron chi connectivity index (χ4n) is 1.67. The summed E-state index contributed by atoms with van der Waals surface area (Å²) < 4.78 is 5.14. The molecule has 0 aliphatic carbocycles. The topological polar surface area (TPSA) is 34.1 Å². The van der Waals surface area contributed by atoms with Crippen molar-refractivity contribution in [2.75, 3.05) is 7.11 Å². The Hall–Kier alpha value is -1.39. The first-order chi connectivity index (χ1) is 8.69. The Balaban J connectivity index is 1.90. The first-order valence-electron chi connectivity index (χ1n) is 5.97. The van der Waals surface area contributed by atoms with Crippen LogP contribution in [0.3, 0.4) is 0 Å². The summed E-state index contributed by atoms with van der Waals surface area (Å²) in [5.74, 6) is 0.891. The average Bonchev–Trinajstić information content (AvgIpc) is 2.83. The Bertz CT molecular complexity index is 493. The van der Waals surface area contributed by atoms with Crippen LogP contribution in [0.15, 0.2) is 29.6 Å². The zero-order valence-corrected chi connectivity index (χ0v) is 11.8. The smallest absolute Gasteiger partial charge is 0.118 e. The molecule has 2 rings (SSSR count). The lowest BCUT2D eigenvalue weighted by Gasteiger charge is -2.11. The van der Waals surface area contributed by atoms with Crippen molar-refractivity contribution >= 4 is 11.3 Å². The van der Waals surface area contributed by atoms with Gasteiger partial charge in [0, 0.05) is 17.6 Å². The Labute approximate surface area is 112 Å². The van der Waals surface area contributed by atoms with Gasteiger partial charge in [0.2, 0.25) is 0 Å². The van der Waals surface area contributed by atoms with E-state index in [2.05, 4.69) is 34.7 Å². The molecule has 18 heavy (non-hydrogen) atoms. The minimum Gasteiger partial charge on any atom is -0.497 e. The summed E-state index contributed by atoms with van der Waals surface area (Å²) >= 11 is 1.71. The summed E-state index contributed by atoms with van der Waals surface area (Å²) in [6.07, 6.45) is 0. The fourth-order valence-corrected chi connectivity index (χ4v) is 2.50. The van der Waals surface area contributed by atoms with Crippen LogP contribution < -0.4 is 10.1 Å². The zero-order valence-electron chi connectivity index (χ0n) is 10.9. The van der Waals surface area contributed by atoms with Gasteiger partial charge in [-0.15, -0.1) is 11.3 Å². The van der Waals surface area contributed by atoms with Crippen LogP contribution in [-0.2, 0) is 6.54 Å². The first kappa shape index (κ1) is 13.1. The van der Waals surface area contributed by atoms with E-state index in [9.17, 15) is 0 Å². The quantitative estimate of drug-likeness (QED) is 0.897. The van der Waals surface area contributed by atoms with E-state index in [-0.39, 0.29) is 6.04 Å². The monoisotopic (exact) mass is 262 g/mol. The van der Waals surface area contributed by atoms with E-state index in [4.69, 9.17) is 4.74 Å². The normalized spacial score (nSPS) is 12.4. The van der Waals surface area contributed by atoms with Crippen LogP contribution in [0, 0.1) is 6.92 Å². The highest BCUT2D eigenvalue weighted by atomic mass is 32.1. The lowest BCUT2D eigenvalue weighted by Crippen LogP contribution is -2.17. The van der Waals surface area contributed by atoms with E-state index in [0.29, 0.717) is 0 Å². The number of benzene rings is 1. The number of hydrogen-bond donors (Lipinski definition) is 1. The summed E-state index contributed by atoms with van der Waals surface area (Å²) in [6.45, 7) is 5.00. The van der Waals surface area contributed by atoms with Gasteiger partial charge in [0.05, 0.1) is 13.2 Å². The largest absolute Gasteiger partial charge is 0.497 e. The number of nitrogens with zero attached hydrogens (tertiary/aromatic N) is 1. The zero-order chi connectivity index (χ0) is 13.0. The van der Waals surface area contributed by atoms with Gasteiger partial charge in [0.15, 0.2) is 0 Å². The van der Waals surface area contributed by atoms with E-state index in [1.807, 2.05) is 19.1 Å². The van der Waals surface area contributed by atoms with E-state index >= 15 is 0 Å². The molecule has 0 aliphatic rings. The summed E-state index contributed by atoms with van der Waals surface area (Å²) in [5, 5.41) is 6.70. The lowest BCUT2D eigenvalue weighted by atomic mass is 10.2. The molecule has 1 N–H and O–H groups in total. The third kappa shape index (κ3) is 3.31. The van der Waals surface area contributed by atoms with Crippen molar-refractivity contribution in [1.82, 2.24) is 10.3 Å². The average molecular weight is 262 g/mol. The number of aromatic nitrogens is 1. The van der Waals surface area contributed by atoms with Crippen LogP contribution in [0.2, 0.25) is 0 Å². The van der Waals surface area contributed by atoms with Crippen molar-refractivity contribution in [2.45, 2.75) is 26.4 Å². The second-order valence-corrected chi connectivity index (χ2v) is 5.17. The molecule has 1 aromatic carbocycles. The van der Waals surface area contributed by atoms with Crippen molar-refractivity contribution in [3.63, 3.8) is 0 Å². The number of methoxy groups -OCH3 is 1. The van der Waals surface area contributed by atoms with Crippen molar-refractivity contribution in [3.05, 3.63) is 45.9 Å². The molecule has 1 atom stereocenters. The summed E-state index contributed by atoms with van der Waals surface area (Å²) in [7, 11) is 1.68. The molecule has 0 aliphatic heterocycles. The molecule has 1 aromatic heterocycles. The van der Waals surface area contributed by atoms with Gasteiger partial charge in [0.1, 0.15) is 10.8 Å². The summed E-state index contributed by atoms with van der Waals surface area (Å²) in [4.78, 5) is 4.49. The van der Waals surface area contributed by atoms with Gasteiger partial charge in [-0.1, -0.05) is 12.1 Å². The van der Waals surface area contributed by atoms with Gasteiger partial charge in [-0.2, -0.15) is 0 Å². The third-order valence-electron chi connectivity index (χ3n) is 2.78. The number of aryl methyl sites for hydroxylation is 1. The van der Waals surface area contributed by atoms with Gasteiger partial charge in [0.25, 0.3) is 0 Å². The summed E-state index contributed by atoms with van der Waals surface area (Å²) in [5.41, 5.74) is 2.34. The number of ether oxygens (including phenoxy) is 1. The van der Waals surface area contributed by atoms with E-state index in [1.54, 1.807) is 18.4 Å². The van der Waals surface area contributed by atoms with Crippen LogP contribution in [-0.4, -0.2) is 12.1 Å². The van der Waals surface area contributed by atoms with Crippen molar-refractivity contribution < 1.29 is 4.74 Å². The van der Waals surface area contributed by atoms with E-state index < -0.39 is 0 Å². The van der Waals surface area contributed by atoms with E-state index in [0.717, 1.165) is 23.0 Å². The number of rotatable bonds is 5. The maximum absolute atomic E-state index is 5.14. The molecule has 0 spiro atoms. The highest BCUT2D eigenvalue weighted by Crippen LogP contribution is 2.18. The van der Waals surface area contributed by atoms with Crippen molar-refractivity contribution in [1.29, 1.82) is 0 Å².